The lowest BCUT2D eigenvalue weighted by Gasteiger charge is -2.20. The van der Waals surface area contributed by atoms with Gasteiger partial charge < -0.3 is 10.1 Å². The number of hydrogen-bond donors (Lipinski definition) is 1. The molecule has 0 aliphatic carbocycles. The van der Waals surface area contributed by atoms with Gasteiger partial charge in [-0.3, -0.25) is 14.5 Å². The zero-order valence-electron chi connectivity index (χ0n) is 13.4. The predicted octanol–water partition coefficient (Wildman–Crippen LogP) is 1.98. The van der Waals surface area contributed by atoms with Gasteiger partial charge in [-0.05, 0) is 32.0 Å². The average Bonchev–Trinajstić information content (AvgIpc) is 2.41. The minimum Gasteiger partial charge on any atom is -0.469 e. The highest BCUT2D eigenvalue weighted by atomic mass is 16.5. The molecule has 0 heterocycles. The van der Waals surface area contributed by atoms with Crippen LogP contribution in [0.4, 0.5) is 5.69 Å². The summed E-state index contributed by atoms with van der Waals surface area (Å²) in [4.78, 5) is 25.3. The van der Waals surface area contributed by atoms with Crippen LogP contribution in [-0.4, -0.2) is 44.0 Å². The van der Waals surface area contributed by atoms with Gasteiger partial charge in [-0.15, -0.1) is 0 Å². The Bertz CT molecular complexity index is 494. The molecule has 1 N–H and O–H groups in total. The highest BCUT2D eigenvalue weighted by Gasteiger charge is 2.17. The first kappa shape index (κ1) is 17.2. The van der Waals surface area contributed by atoms with Crippen molar-refractivity contribution in [1.29, 1.82) is 0 Å². The molecule has 1 amide bonds. The van der Waals surface area contributed by atoms with Crippen molar-refractivity contribution in [2.24, 2.45) is 5.92 Å². The number of carbonyl (C=O) groups is 2. The van der Waals surface area contributed by atoms with Crippen molar-refractivity contribution in [3.05, 3.63) is 29.3 Å². The molecule has 1 atom stereocenters. The number of para-hydroxylation sites is 1. The van der Waals surface area contributed by atoms with Crippen LogP contribution in [0.3, 0.4) is 0 Å². The largest absolute Gasteiger partial charge is 0.469 e. The van der Waals surface area contributed by atoms with Gasteiger partial charge in [0.05, 0.1) is 19.6 Å². The summed E-state index contributed by atoms with van der Waals surface area (Å²) in [6.45, 7) is 6.42. The molecule has 0 saturated carbocycles. The standard InChI is InChI=1S/C16H24N2O3/c1-11-7-6-8-12(2)15(11)17-14(19)10-18(4)9-13(3)16(20)21-5/h6-8,13H,9-10H2,1-5H3,(H,17,19). The zero-order chi connectivity index (χ0) is 16.0. The normalized spacial score (nSPS) is 12.1. The molecule has 116 valence electrons. The number of benzene rings is 1. The molecule has 21 heavy (non-hydrogen) atoms. The summed E-state index contributed by atoms with van der Waals surface area (Å²) in [6, 6.07) is 5.89. The fourth-order valence-corrected chi connectivity index (χ4v) is 2.24. The summed E-state index contributed by atoms with van der Waals surface area (Å²) < 4.78 is 4.68. The molecular weight excluding hydrogens is 268 g/mol. The predicted molar refractivity (Wildman–Crippen MR) is 83.2 cm³/mol. The summed E-state index contributed by atoms with van der Waals surface area (Å²) in [5.41, 5.74) is 2.93. The Morgan fingerprint density at radius 3 is 2.38 bits per heavy atom. The second-order valence-electron chi connectivity index (χ2n) is 5.44. The van der Waals surface area contributed by atoms with Gasteiger partial charge in [-0.25, -0.2) is 0 Å². The van der Waals surface area contributed by atoms with E-state index in [1.807, 2.05) is 44.0 Å². The van der Waals surface area contributed by atoms with Crippen molar-refractivity contribution in [3.8, 4) is 0 Å². The SMILES string of the molecule is COC(=O)C(C)CN(C)CC(=O)Nc1c(C)cccc1C. The molecular formula is C16H24N2O3. The van der Waals surface area contributed by atoms with E-state index >= 15 is 0 Å². The Labute approximate surface area is 126 Å². The van der Waals surface area contributed by atoms with E-state index in [4.69, 9.17) is 0 Å². The highest BCUT2D eigenvalue weighted by molar-refractivity contribution is 5.93. The van der Waals surface area contributed by atoms with Gasteiger partial charge >= 0.3 is 5.97 Å². The fourth-order valence-electron chi connectivity index (χ4n) is 2.24. The second kappa shape index (κ2) is 7.78. The van der Waals surface area contributed by atoms with E-state index in [9.17, 15) is 9.59 Å². The fraction of sp³-hybridized carbons (Fsp3) is 0.500. The molecule has 1 aromatic rings. The summed E-state index contributed by atoms with van der Waals surface area (Å²) in [5.74, 6) is -0.614. The van der Waals surface area contributed by atoms with Gasteiger partial charge in [0.1, 0.15) is 0 Å². The molecule has 0 radical (unpaired) electrons. The maximum absolute atomic E-state index is 12.1. The number of nitrogens with one attached hydrogen (secondary N) is 1. The summed E-state index contributed by atoms with van der Waals surface area (Å²) in [5, 5.41) is 2.93. The monoisotopic (exact) mass is 292 g/mol. The molecule has 0 fully saturated rings. The van der Waals surface area contributed by atoms with Crippen molar-refractivity contribution in [3.63, 3.8) is 0 Å². The zero-order valence-corrected chi connectivity index (χ0v) is 13.4. The number of aryl methyl sites for hydroxylation is 2. The third-order valence-electron chi connectivity index (χ3n) is 3.35. The number of likely N-dealkylation sites (N-methyl/N-ethyl adjacent to an activating group) is 1. The van der Waals surface area contributed by atoms with Crippen LogP contribution in [0.2, 0.25) is 0 Å². The molecule has 5 nitrogen and oxygen atoms in total. The van der Waals surface area contributed by atoms with E-state index in [0.29, 0.717) is 6.54 Å². The number of amides is 1. The molecule has 0 spiro atoms. The number of carbonyl (C=O) groups excluding carboxylic acids is 2. The Morgan fingerprint density at radius 2 is 1.86 bits per heavy atom. The van der Waals surface area contributed by atoms with Crippen LogP contribution in [0.5, 0.6) is 0 Å². The number of rotatable bonds is 6. The molecule has 1 rings (SSSR count). The van der Waals surface area contributed by atoms with Crippen LogP contribution in [-0.2, 0) is 14.3 Å². The van der Waals surface area contributed by atoms with Gasteiger partial charge in [0.2, 0.25) is 5.91 Å². The van der Waals surface area contributed by atoms with Crippen LogP contribution in [0.25, 0.3) is 0 Å². The highest BCUT2D eigenvalue weighted by Crippen LogP contribution is 2.19. The van der Waals surface area contributed by atoms with Gasteiger partial charge in [0.15, 0.2) is 0 Å². The molecule has 5 heteroatoms. The number of methoxy groups -OCH3 is 1. The third-order valence-corrected chi connectivity index (χ3v) is 3.35. The van der Waals surface area contributed by atoms with E-state index in [2.05, 4.69) is 10.1 Å². The number of anilines is 1. The maximum atomic E-state index is 12.1. The maximum Gasteiger partial charge on any atom is 0.309 e. The summed E-state index contributed by atoms with van der Waals surface area (Å²) in [7, 11) is 3.18. The Kier molecular flexibility index (Phi) is 6.37. The Hall–Kier alpha value is -1.88. The molecule has 1 unspecified atom stereocenters. The van der Waals surface area contributed by atoms with E-state index < -0.39 is 0 Å². The lowest BCUT2D eigenvalue weighted by atomic mass is 10.1. The van der Waals surface area contributed by atoms with Crippen molar-refractivity contribution in [1.82, 2.24) is 4.90 Å². The van der Waals surface area contributed by atoms with Crippen molar-refractivity contribution >= 4 is 17.6 Å². The number of ether oxygens (including phenoxy) is 1. The first-order valence-electron chi connectivity index (χ1n) is 6.97. The minimum atomic E-state index is -0.267. The van der Waals surface area contributed by atoms with Gasteiger partial charge in [0.25, 0.3) is 0 Å². The van der Waals surface area contributed by atoms with Crippen molar-refractivity contribution in [2.45, 2.75) is 20.8 Å². The lowest BCUT2D eigenvalue weighted by Crippen LogP contribution is -2.35. The molecule has 0 saturated heterocycles. The molecule has 0 bridgehead atoms. The molecule has 1 aromatic carbocycles. The summed E-state index contributed by atoms with van der Waals surface area (Å²) in [6.07, 6.45) is 0. The molecule has 0 aliphatic heterocycles. The van der Waals surface area contributed by atoms with Crippen molar-refractivity contribution < 1.29 is 14.3 Å². The quantitative estimate of drug-likeness (QED) is 0.815. The van der Waals surface area contributed by atoms with Crippen LogP contribution < -0.4 is 5.32 Å². The molecule has 0 aliphatic rings. The van der Waals surface area contributed by atoms with E-state index in [-0.39, 0.29) is 24.3 Å². The number of esters is 1. The topological polar surface area (TPSA) is 58.6 Å². The van der Waals surface area contributed by atoms with Crippen LogP contribution in [0.15, 0.2) is 18.2 Å². The van der Waals surface area contributed by atoms with Gasteiger partial charge in [0, 0.05) is 12.2 Å². The first-order chi connectivity index (χ1) is 9.85. The van der Waals surface area contributed by atoms with E-state index in [0.717, 1.165) is 16.8 Å². The number of hydrogen-bond acceptors (Lipinski definition) is 4. The van der Waals surface area contributed by atoms with E-state index in [1.165, 1.54) is 7.11 Å². The van der Waals surface area contributed by atoms with Crippen LogP contribution in [0, 0.1) is 19.8 Å². The van der Waals surface area contributed by atoms with Gasteiger partial charge in [-0.1, -0.05) is 25.1 Å². The van der Waals surface area contributed by atoms with Crippen LogP contribution in [0.1, 0.15) is 18.1 Å². The lowest BCUT2D eigenvalue weighted by molar-refractivity contribution is -0.145. The van der Waals surface area contributed by atoms with Crippen LogP contribution >= 0.6 is 0 Å². The molecule has 0 aromatic heterocycles. The average molecular weight is 292 g/mol. The van der Waals surface area contributed by atoms with Gasteiger partial charge in [-0.2, -0.15) is 0 Å². The summed E-state index contributed by atoms with van der Waals surface area (Å²) >= 11 is 0. The number of nitrogens with zero attached hydrogens (tertiary/aromatic N) is 1. The minimum absolute atomic E-state index is 0.0908. The Morgan fingerprint density at radius 1 is 1.29 bits per heavy atom. The smallest absolute Gasteiger partial charge is 0.309 e. The van der Waals surface area contributed by atoms with Crippen molar-refractivity contribution in [2.75, 3.05) is 32.6 Å². The van der Waals surface area contributed by atoms with E-state index in [1.54, 1.807) is 6.92 Å². The first-order valence-corrected chi connectivity index (χ1v) is 6.97. The Balaban J connectivity index is 2.56. The second-order valence-corrected chi connectivity index (χ2v) is 5.44. The third kappa shape index (κ3) is 5.19.